The molecule has 0 aliphatic carbocycles. The Bertz CT molecular complexity index is 401. The molecule has 2 nitrogen and oxygen atoms in total. The van der Waals surface area contributed by atoms with Gasteiger partial charge in [0.1, 0.15) is 5.82 Å². The van der Waals surface area contributed by atoms with Crippen molar-refractivity contribution < 1.29 is 20.6 Å². The van der Waals surface area contributed by atoms with Gasteiger partial charge in [-0.25, -0.2) is 4.98 Å². The average Bonchev–Trinajstić information content (AvgIpc) is 2.74. The Morgan fingerprint density at radius 1 is 1.20 bits per heavy atom. The van der Waals surface area contributed by atoms with E-state index < -0.39 is 0 Å². The molecule has 0 aliphatic heterocycles. The second-order valence-electron chi connectivity index (χ2n) is 3.20. The Morgan fingerprint density at radius 3 is 2.27 bits per heavy atom. The molecular weight excluding hydrogens is 280 g/mol. The van der Waals surface area contributed by atoms with E-state index in [1.54, 1.807) is 6.20 Å². The van der Waals surface area contributed by atoms with Crippen LogP contribution in [0.3, 0.4) is 0 Å². The van der Waals surface area contributed by atoms with Crippen LogP contribution in [0, 0.1) is 13.8 Å². The van der Waals surface area contributed by atoms with E-state index in [-0.39, 0.29) is 0 Å². The third kappa shape index (κ3) is 2.75. The fourth-order valence-corrected chi connectivity index (χ4v) is 1.59. The average molecular weight is 294 g/mol. The number of imidazole rings is 1. The summed E-state index contributed by atoms with van der Waals surface area (Å²) in [7, 11) is 0. The zero-order chi connectivity index (χ0) is 11.3. The van der Waals surface area contributed by atoms with Crippen LogP contribution in [0.1, 0.15) is 11.1 Å². The van der Waals surface area contributed by atoms with E-state index in [4.69, 9.17) is 0 Å². The topological polar surface area (TPSA) is 28.7 Å². The van der Waals surface area contributed by atoms with Crippen LogP contribution >= 0.6 is 0 Å². The number of benzene rings is 1. The third-order valence-electron chi connectivity index (χ3n) is 2.22. The van der Waals surface area contributed by atoms with Gasteiger partial charge in [0.25, 0.3) is 0 Å². The van der Waals surface area contributed by atoms with Gasteiger partial charge in [0.05, 0.1) is 0 Å². The Hall–Kier alpha value is -0.960. The van der Waals surface area contributed by atoms with Gasteiger partial charge in [-0.15, -0.1) is 0 Å². The summed E-state index contributed by atoms with van der Waals surface area (Å²) in [5, 5.41) is 0. The first-order valence-corrected chi connectivity index (χ1v) is 5.61. The van der Waals surface area contributed by atoms with Gasteiger partial charge >= 0.3 is 25.3 Å². The number of rotatable bonds is 1. The summed E-state index contributed by atoms with van der Waals surface area (Å²) in [6, 6.07) is 6.27. The number of aromatic amines is 1. The first-order valence-electron chi connectivity index (χ1n) is 4.56. The van der Waals surface area contributed by atoms with Crippen LogP contribution in [0.25, 0.3) is 11.4 Å². The Morgan fingerprint density at radius 2 is 1.80 bits per heavy atom. The number of H-pyrrole nitrogens is 1. The number of aromatic nitrogens is 2. The van der Waals surface area contributed by atoms with Gasteiger partial charge in [-0.3, -0.25) is 0 Å². The molecule has 0 saturated heterocycles. The van der Waals surface area contributed by atoms with Crippen LogP contribution in [-0.4, -0.2) is 14.7 Å². The maximum absolute atomic E-state index is 4.25. The number of nitrogens with zero attached hydrogens (tertiary/aromatic N) is 1. The molecule has 1 aromatic carbocycles. The molecule has 0 aliphatic rings. The van der Waals surface area contributed by atoms with Crippen molar-refractivity contribution in [3.63, 3.8) is 0 Å². The zero-order valence-corrected chi connectivity index (χ0v) is 10.3. The van der Waals surface area contributed by atoms with Crippen LogP contribution in [0.2, 0.25) is 0 Å². The molecule has 0 atom stereocenters. The molecule has 3 heteroatoms. The van der Waals surface area contributed by atoms with Gasteiger partial charge in [0.15, 0.2) is 0 Å². The second-order valence-corrected chi connectivity index (χ2v) is 3.20. The van der Waals surface area contributed by atoms with Gasteiger partial charge in [-0.1, -0.05) is 18.2 Å². The zero-order valence-electron chi connectivity index (χ0n) is 8.84. The molecular formula is C12H14AgN2. The predicted molar refractivity (Wildman–Crippen MR) is 60.6 cm³/mol. The molecule has 83 valence electrons. The van der Waals surface area contributed by atoms with Gasteiger partial charge in [-0.05, 0) is 25.0 Å². The molecule has 0 unspecified atom stereocenters. The molecule has 1 aromatic heterocycles. The van der Waals surface area contributed by atoms with Crippen molar-refractivity contribution >= 4 is 4.73 Å². The molecule has 0 radical (unpaired) electrons. The normalized spacial score (nSPS) is 9.33. The molecule has 0 spiro atoms. The summed E-state index contributed by atoms with van der Waals surface area (Å²) in [5.74, 6) is 0.954. The third-order valence-corrected chi connectivity index (χ3v) is 2.22. The van der Waals surface area contributed by atoms with Crippen molar-refractivity contribution in [2.75, 3.05) is 0 Å². The Balaban J connectivity index is 0.000000531. The van der Waals surface area contributed by atoms with Crippen LogP contribution in [0.4, 0.5) is 0 Å². The first-order chi connectivity index (χ1) is 7.29. The van der Waals surface area contributed by atoms with Crippen molar-refractivity contribution in [2.45, 2.75) is 13.8 Å². The maximum atomic E-state index is 4.25. The molecule has 0 fully saturated rings. The van der Waals surface area contributed by atoms with E-state index in [0.717, 1.165) is 5.82 Å². The number of aryl methyl sites for hydroxylation is 2. The van der Waals surface area contributed by atoms with Crippen molar-refractivity contribution in [2.24, 2.45) is 0 Å². The minimum atomic E-state index is 0.954. The van der Waals surface area contributed by atoms with Gasteiger partial charge in [-0.2, -0.15) is 0 Å². The first kappa shape index (κ1) is 12.1. The van der Waals surface area contributed by atoms with Crippen LogP contribution in [0.15, 0.2) is 30.6 Å². The Kier molecular flexibility index (Phi) is 4.69. The molecule has 1 heterocycles. The summed E-state index contributed by atoms with van der Waals surface area (Å²) < 4.78 is 3.06. The van der Waals surface area contributed by atoms with Crippen molar-refractivity contribution in [1.82, 2.24) is 9.97 Å². The van der Waals surface area contributed by atoms with E-state index in [2.05, 4.69) is 67.3 Å². The van der Waals surface area contributed by atoms with E-state index in [0.29, 0.717) is 0 Å². The van der Waals surface area contributed by atoms with Gasteiger partial charge in [0.2, 0.25) is 0 Å². The number of hydrogen-bond acceptors (Lipinski definition) is 1. The second kappa shape index (κ2) is 5.81. The summed E-state index contributed by atoms with van der Waals surface area (Å²) in [6.07, 6.45) is 3.63. The van der Waals surface area contributed by atoms with Gasteiger partial charge < -0.3 is 4.98 Å². The Labute approximate surface area is 102 Å². The summed E-state index contributed by atoms with van der Waals surface area (Å²) in [4.78, 5) is 7.38. The number of nitrogens with one attached hydrogen (secondary N) is 1. The quantitative estimate of drug-likeness (QED) is 0.805. The van der Waals surface area contributed by atoms with Crippen molar-refractivity contribution in [3.8, 4) is 11.4 Å². The molecule has 2 aromatic rings. The molecule has 2 rings (SSSR count). The fourth-order valence-electron chi connectivity index (χ4n) is 1.59. The molecule has 1 N–H and O–H groups in total. The van der Waals surface area contributed by atoms with Crippen LogP contribution in [0.5, 0.6) is 0 Å². The van der Waals surface area contributed by atoms with E-state index in [1.165, 1.54) is 16.7 Å². The fraction of sp³-hybridized carbons (Fsp3) is 0.167. The number of hydrogen-bond donors (Lipinski definition) is 1. The SMILES string of the molecule is Cc1cccc(C)c1-c1ncc[nH]1.[CH2]=[Ag]. The predicted octanol–water partition coefficient (Wildman–Crippen LogP) is 2.66. The summed E-state index contributed by atoms with van der Waals surface area (Å²) in [5.41, 5.74) is 3.73. The molecule has 15 heavy (non-hydrogen) atoms. The standard InChI is InChI=1S/C11H12N2.CH2.Ag/c1-8-4-3-5-9(2)10(8)11-12-6-7-13-11;;/h3-7H,1-2H3,(H,12,13);1H2;. The van der Waals surface area contributed by atoms with Crippen LogP contribution in [-0.2, 0) is 20.6 Å². The van der Waals surface area contributed by atoms with Crippen molar-refractivity contribution in [1.29, 1.82) is 0 Å². The molecule has 0 bridgehead atoms. The molecule has 0 saturated carbocycles. The summed E-state index contributed by atoms with van der Waals surface area (Å²) >= 11 is 2.70. The van der Waals surface area contributed by atoms with Crippen LogP contribution < -0.4 is 0 Å². The minimum absolute atomic E-state index is 0.954. The monoisotopic (exact) mass is 293 g/mol. The van der Waals surface area contributed by atoms with Crippen molar-refractivity contribution in [3.05, 3.63) is 41.7 Å². The van der Waals surface area contributed by atoms with E-state index in [9.17, 15) is 0 Å². The van der Waals surface area contributed by atoms with E-state index >= 15 is 0 Å². The molecule has 0 amide bonds. The van der Waals surface area contributed by atoms with E-state index in [1.807, 2.05) is 6.20 Å². The summed E-state index contributed by atoms with van der Waals surface area (Å²) in [6.45, 7) is 4.20. The van der Waals surface area contributed by atoms with Gasteiger partial charge in [0, 0.05) is 18.0 Å².